The number of hydrogen-bond acceptors (Lipinski definition) is 3. The molecule has 13 heavy (non-hydrogen) atoms. The zero-order chi connectivity index (χ0) is 9.94. The number of aliphatic hydroxyl groups excluding tert-OH is 2. The molecule has 0 fully saturated rings. The van der Waals surface area contributed by atoms with Crippen molar-refractivity contribution in [2.24, 2.45) is 0 Å². The van der Waals surface area contributed by atoms with Crippen molar-refractivity contribution in [1.82, 2.24) is 4.90 Å². The Balaban J connectivity index is 3.34. The van der Waals surface area contributed by atoms with E-state index in [1.165, 1.54) is 0 Å². The molecule has 0 unspecified atom stereocenters. The fourth-order valence-electron chi connectivity index (χ4n) is 1.07. The fraction of sp³-hybridized carbons (Fsp3) is 0.889. The summed E-state index contributed by atoms with van der Waals surface area (Å²) in [6.07, 6.45) is 3.99. The monoisotopic (exact) mass is 189 g/mol. The lowest BCUT2D eigenvalue weighted by Gasteiger charge is -2.16. The molecule has 78 valence electrons. The molecule has 0 bridgehead atoms. The average Bonchev–Trinajstić information content (AvgIpc) is 2.16. The van der Waals surface area contributed by atoms with E-state index in [9.17, 15) is 4.79 Å². The molecule has 2 N–H and O–H groups in total. The molecular formula is C9H19NO3. The normalized spacial score (nSPS) is 10.0. The van der Waals surface area contributed by atoms with Gasteiger partial charge in [0.1, 0.15) is 0 Å². The number of carbonyl (C=O) groups excluding carboxylic acids is 1. The quantitative estimate of drug-likeness (QED) is 0.396. The molecule has 1 amide bonds. The van der Waals surface area contributed by atoms with Crippen LogP contribution < -0.4 is 0 Å². The second-order valence-corrected chi connectivity index (χ2v) is 3.00. The van der Waals surface area contributed by atoms with Crippen LogP contribution in [0.25, 0.3) is 0 Å². The van der Waals surface area contributed by atoms with Gasteiger partial charge >= 0.3 is 0 Å². The van der Waals surface area contributed by atoms with Crippen molar-refractivity contribution in [3.8, 4) is 0 Å². The van der Waals surface area contributed by atoms with E-state index < -0.39 is 0 Å². The van der Waals surface area contributed by atoms with Crippen molar-refractivity contribution in [1.29, 1.82) is 0 Å². The lowest BCUT2D eigenvalue weighted by molar-refractivity contribution is -0.118. The van der Waals surface area contributed by atoms with Crippen molar-refractivity contribution in [3.05, 3.63) is 0 Å². The SMILES string of the molecule is O=CN(CCCCO)CCCCO. The van der Waals surface area contributed by atoms with E-state index in [0.717, 1.165) is 32.1 Å². The van der Waals surface area contributed by atoms with Crippen LogP contribution in [0.5, 0.6) is 0 Å². The van der Waals surface area contributed by atoms with Crippen LogP contribution in [-0.4, -0.2) is 47.8 Å². The Morgan fingerprint density at radius 3 is 1.69 bits per heavy atom. The first kappa shape index (κ1) is 12.4. The van der Waals surface area contributed by atoms with Gasteiger partial charge in [0.25, 0.3) is 0 Å². The number of rotatable bonds is 9. The Labute approximate surface area is 79.2 Å². The second-order valence-electron chi connectivity index (χ2n) is 3.00. The van der Waals surface area contributed by atoms with E-state index >= 15 is 0 Å². The third-order valence-electron chi connectivity index (χ3n) is 1.86. The minimum Gasteiger partial charge on any atom is -0.396 e. The van der Waals surface area contributed by atoms with Crippen LogP contribution in [0.1, 0.15) is 25.7 Å². The highest BCUT2D eigenvalue weighted by molar-refractivity contribution is 5.46. The van der Waals surface area contributed by atoms with Crippen LogP contribution in [0.3, 0.4) is 0 Å². The first-order valence-electron chi connectivity index (χ1n) is 4.76. The number of unbranched alkanes of at least 4 members (excludes halogenated alkanes) is 2. The van der Waals surface area contributed by atoms with Crippen molar-refractivity contribution < 1.29 is 15.0 Å². The largest absolute Gasteiger partial charge is 0.396 e. The summed E-state index contributed by atoms with van der Waals surface area (Å²) in [5, 5.41) is 17.1. The number of carbonyl (C=O) groups is 1. The maximum Gasteiger partial charge on any atom is 0.209 e. The predicted molar refractivity (Wildman–Crippen MR) is 50.3 cm³/mol. The van der Waals surface area contributed by atoms with Gasteiger partial charge in [0, 0.05) is 26.3 Å². The van der Waals surface area contributed by atoms with E-state index in [1.54, 1.807) is 4.90 Å². The maximum absolute atomic E-state index is 10.5. The van der Waals surface area contributed by atoms with Crippen LogP contribution in [0.4, 0.5) is 0 Å². The third-order valence-corrected chi connectivity index (χ3v) is 1.86. The van der Waals surface area contributed by atoms with Gasteiger partial charge in [-0.1, -0.05) is 0 Å². The van der Waals surface area contributed by atoms with E-state index in [0.29, 0.717) is 13.1 Å². The summed E-state index contributed by atoms with van der Waals surface area (Å²) in [5.74, 6) is 0. The summed E-state index contributed by atoms with van der Waals surface area (Å²) >= 11 is 0. The Morgan fingerprint density at radius 1 is 0.923 bits per heavy atom. The molecular weight excluding hydrogens is 170 g/mol. The minimum absolute atomic E-state index is 0.184. The van der Waals surface area contributed by atoms with Crippen LogP contribution in [0.15, 0.2) is 0 Å². The summed E-state index contributed by atoms with van der Waals surface area (Å²) in [7, 11) is 0. The highest BCUT2D eigenvalue weighted by Gasteiger charge is 1.99. The molecule has 0 rings (SSSR count). The smallest absolute Gasteiger partial charge is 0.209 e. The molecule has 0 saturated carbocycles. The van der Waals surface area contributed by atoms with Crippen LogP contribution in [0.2, 0.25) is 0 Å². The lowest BCUT2D eigenvalue weighted by Crippen LogP contribution is -2.24. The average molecular weight is 189 g/mol. The maximum atomic E-state index is 10.5. The van der Waals surface area contributed by atoms with Gasteiger partial charge in [-0.2, -0.15) is 0 Å². The van der Waals surface area contributed by atoms with E-state index in [2.05, 4.69) is 0 Å². The van der Waals surface area contributed by atoms with Crippen LogP contribution in [-0.2, 0) is 4.79 Å². The molecule has 0 aromatic heterocycles. The number of nitrogens with zero attached hydrogens (tertiary/aromatic N) is 1. The topological polar surface area (TPSA) is 60.8 Å². The Morgan fingerprint density at radius 2 is 1.38 bits per heavy atom. The number of hydrogen-bond donors (Lipinski definition) is 2. The highest BCUT2D eigenvalue weighted by Crippen LogP contribution is 1.96. The predicted octanol–water partition coefficient (Wildman–Crippen LogP) is -0.0102. The Kier molecular flexibility index (Phi) is 9.03. The molecule has 0 saturated heterocycles. The van der Waals surface area contributed by atoms with Gasteiger partial charge in [-0.05, 0) is 25.7 Å². The van der Waals surface area contributed by atoms with Gasteiger partial charge in [-0.3, -0.25) is 4.79 Å². The molecule has 0 spiro atoms. The van der Waals surface area contributed by atoms with Gasteiger partial charge in [-0.15, -0.1) is 0 Å². The summed E-state index contributed by atoms with van der Waals surface area (Å²) < 4.78 is 0. The Bertz CT molecular complexity index is 109. The van der Waals surface area contributed by atoms with Crippen molar-refractivity contribution in [2.45, 2.75) is 25.7 Å². The summed E-state index contributed by atoms with van der Waals surface area (Å²) in [6, 6.07) is 0. The molecule has 0 atom stereocenters. The van der Waals surface area contributed by atoms with Gasteiger partial charge in [-0.25, -0.2) is 0 Å². The van der Waals surface area contributed by atoms with Crippen molar-refractivity contribution >= 4 is 6.41 Å². The van der Waals surface area contributed by atoms with Gasteiger partial charge < -0.3 is 15.1 Å². The first-order valence-corrected chi connectivity index (χ1v) is 4.76. The highest BCUT2D eigenvalue weighted by atomic mass is 16.3. The molecule has 0 aliphatic rings. The van der Waals surface area contributed by atoms with Crippen LogP contribution >= 0.6 is 0 Å². The van der Waals surface area contributed by atoms with Crippen molar-refractivity contribution in [2.75, 3.05) is 26.3 Å². The van der Waals surface area contributed by atoms with E-state index in [4.69, 9.17) is 10.2 Å². The van der Waals surface area contributed by atoms with Crippen LogP contribution in [0, 0.1) is 0 Å². The zero-order valence-electron chi connectivity index (χ0n) is 7.98. The summed E-state index contributed by atoms with van der Waals surface area (Å²) in [5.41, 5.74) is 0. The molecule has 0 heterocycles. The molecule has 0 aliphatic carbocycles. The fourth-order valence-corrected chi connectivity index (χ4v) is 1.07. The molecule has 4 nitrogen and oxygen atoms in total. The first-order chi connectivity index (χ1) is 6.35. The molecule has 0 aromatic carbocycles. The third kappa shape index (κ3) is 7.74. The standard InChI is InChI=1S/C9H19NO3/c11-7-3-1-5-10(9-13)6-2-4-8-12/h9,11-12H,1-8H2. The number of aliphatic hydroxyl groups is 2. The van der Waals surface area contributed by atoms with Gasteiger partial charge in [0.15, 0.2) is 0 Å². The molecule has 4 heteroatoms. The van der Waals surface area contributed by atoms with E-state index in [1.807, 2.05) is 0 Å². The van der Waals surface area contributed by atoms with Gasteiger partial charge in [0.2, 0.25) is 6.41 Å². The summed E-state index contributed by atoms with van der Waals surface area (Å²) in [4.78, 5) is 12.2. The molecule has 0 aliphatic heterocycles. The molecule has 0 radical (unpaired) electrons. The van der Waals surface area contributed by atoms with Crippen molar-refractivity contribution in [3.63, 3.8) is 0 Å². The zero-order valence-corrected chi connectivity index (χ0v) is 7.98. The van der Waals surface area contributed by atoms with Gasteiger partial charge in [0.05, 0.1) is 0 Å². The lowest BCUT2D eigenvalue weighted by atomic mass is 10.2. The molecule has 0 aromatic rings. The Hall–Kier alpha value is -0.610. The van der Waals surface area contributed by atoms with E-state index in [-0.39, 0.29) is 13.2 Å². The minimum atomic E-state index is 0.184. The second kappa shape index (κ2) is 9.48. The summed E-state index contributed by atoms with van der Waals surface area (Å²) in [6.45, 7) is 1.78. The number of amides is 1.